The first-order valence-electron chi connectivity index (χ1n) is 6.38. The lowest BCUT2D eigenvalue weighted by Crippen LogP contribution is -2.17. The number of hydrogen-bond donors (Lipinski definition) is 3. The van der Waals surface area contributed by atoms with Gasteiger partial charge in [0.2, 0.25) is 0 Å². The van der Waals surface area contributed by atoms with Gasteiger partial charge in [0.25, 0.3) is 5.91 Å². The molecule has 0 spiro atoms. The summed E-state index contributed by atoms with van der Waals surface area (Å²) in [4.78, 5) is 28.3. The molecule has 0 aliphatic heterocycles. The number of rotatable bonds is 2. The van der Waals surface area contributed by atoms with Gasteiger partial charge < -0.3 is 15.3 Å². The molecule has 10 heteroatoms. The first kappa shape index (κ1) is 14.9. The van der Waals surface area contributed by atoms with E-state index in [4.69, 9.17) is 0 Å². The largest absolute Gasteiger partial charge is 0.435 e. The predicted octanol–water partition coefficient (Wildman–Crippen LogP) is 1.86. The van der Waals surface area contributed by atoms with E-state index >= 15 is 0 Å². The van der Waals surface area contributed by atoms with Crippen molar-refractivity contribution in [3.63, 3.8) is 0 Å². The number of aryl methyl sites for hydroxylation is 1. The molecule has 7 nitrogen and oxygen atoms in total. The van der Waals surface area contributed by atoms with Crippen molar-refractivity contribution in [1.29, 1.82) is 0 Å². The molecule has 2 heterocycles. The van der Waals surface area contributed by atoms with Crippen LogP contribution in [0, 0.1) is 0 Å². The standard InChI is InChI=1S/C13H10F3N5O2/c1-21-5-7(10(20-21)13(14,15)16)11(22)17-6-2-3-8-9(4-6)19-12(23)18-8/h2-5H,1H3,(H,17,22)(H2,18,19,23). The number of benzene rings is 1. The number of amides is 1. The number of aromatic nitrogens is 4. The molecule has 0 aliphatic rings. The van der Waals surface area contributed by atoms with Crippen LogP contribution in [0.25, 0.3) is 11.0 Å². The number of nitrogens with zero attached hydrogens (tertiary/aromatic N) is 2. The summed E-state index contributed by atoms with van der Waals surface area (Å²) in [7, 11) is 1.29. The van der Waals surface area contributed by atoms with Gasteiger partial charge in [-0.15, -0.1) is 0 Å². The van der Waals surface area contributed by atoms with Crippen molar-refractivity contribution in [3.05, 3.63) is 46.1 Å². The maximum Gasteiger partial charge on any atom is 0.435 e. The van der Waals surface area contributed by atoms with E-state index in [-0.39, 0.29) is 5.69 Å². The summed E-state index contributed by atoms with van der Waals surface area (Å²) in [6.07, 6.45) is -3.74. The molecule has 0 atom stereocenters. The number of carbonyl (C=O) groups is 1. The number of hydrogen-bond acceptors (Lipinski definition) is 3. The molecule has 23 heavy (non-hydrogen) atoms. The van der Waals surface area contributed by atoms with Crippen molar-refractivity contribution in [2.24, 2.45) is 7.05 Å². The van der Waals surface area contributed by atoms with Gasteiger partial charge in [-0.3, -0.25) is 9.48 Å². The van der Waals surface area contributed by atoms with Gasteiger partial charge in [-0.05, 0) is 18.2 Å². The Morgan fingerprint density at radius 1 is 1.26 bits per heavy atom. The fourth-order valence-electron chi connectivity index (χ4n) is 2.17. The highest BCUT2D eigenvalue weighted by Crippen LogP contribution is 2.31. The van der Waals surface area contributed by atoms with Gasteiger partial charge in [0.1, 0.15) is 0 Å². The average Bonchev–Trinajstić information content (AvgIpc) is 2.99. The second-order valence-electron chi connectivity index (χ2n) is 4.86. The predicted molar refractivity (Wildman–Crippen MR) is 75.1 cm³/mol. The average molecular weight is 325 g/mol. The number of nitrogens with one attached hydrogen (secondary N) is 3. The Bertz CT molecular complexity index is 951. The molecule has 0 aliphatic carbocycles. The number of halogens is 3. The van der Waals surface area contributed by atoms with Crippen LogP contribution in [0.2, 0.25) is 0 Å². The zero-order valence-corrected chi connectivity index (χ0v) is 11.7. The zero-order valence-electron chi connectivity index (χ0n) is 11.7. The highest BCUT2D eigenvalue weighted by atomic mass is 19.4. The minimum absolute atomic E-state index is 0.245. The Labute approximate surface area is 126 Å². The third kappa shape index (κ3) is 2.82. The molecule has 3 aromatic rings. The molecule has 2 aromatic heterocycles. The van der Waals surface area contributed by atoms with Crippen molar-refractivity contribution in [2.75, 3.05) is 5.32 Å². The molecule has 1 aromatic carbocycles. The van der Waals surface area contributed by atoms with Crippen LogP contribution in [-0.4, -0.2) is 25.7 Å². The highest BCUT2D eigenvalue weighted by molar-refractivity contribution is 6.05. The van der Waals surface area contributed by atoms with E-state index in [1.54, 1.807) is 0 Å². The molecule has 0 saturated carbocycles. The molecular weight excluding hydrogens is 315 g/mol. The van der Waals surface area contributed by atoms with Gasteiger partial charge in [0.05, 0.1) is 16.6 Å². The zero-order chi connectivity index (χ0) is 16.8. The van der Waals surface area contributed by atoms with Crippen molar-refractivity contribution >= 4 is 22.6 Å². The monoisotopic (exact) mass is 325 g/mol. The van der Waals surface area contributed by atoms with E-state index in [1.807, 2.05) is 0 Å². The Hall–Kier alpha value is -3.04. The summed E-state index contributed by atoms with van der Waals surface area (Å²) >= 11 is 0. The fraction of sp³-hybridized carbons (Fsp3) is 0.154. The maximum absolute atomic E-state index is 12.9. The number of alkyl halides is 3. The smallest absolute Gasteiger partial charge is 0.322 e. The number of carbonyl (C=O) groups excluding carboxylic acids is 1. The van der Waals surface area contributed by atoms with Gasteiger partial charge in [-0.1, -0.05) is 0 Å². The lowest BCUT2D eigenvalue weighted by molar-refractivity contribution is -0.141. The van der Waals surface area contributed by atoms with Gasteiger partial charge in [-0.25, -0.2) is 4.79 Å². The quantitative estimate of drug-likeness (QED) is 0.671. The molecule has 0 bridgehead atoms. The van der Waals surface area contributed by atoms with Crippen molar-refractivity contribution in [1.82, 2.24) is 19.7 Å². The second-order valence-corrected chi connectivity index (χ2v) is 4.86. The highest BCUT2D eigenvalue weighted by Gasteiger charge is 2.39. The molecule has 120 valence electrons. The van der Waals surface area contributed by atoms with Crippen molar-refractivity contribution in [2.45, 2.75) is 6.18 Å². The molecule has 1 amide bonds. The van der Waals surface area contributed by atoms with Crippen LogP contribution in [0.4, 0.5) is 18.9 Å². The van der Waals surface area contributed by atoms with E-state index in [2.05, 4.69) is 20.4 Å². The van der Waals surface area contributed by atoms with Crippen LogP contribution >= 0.6 is 0 Å². The molecule has 0 unspecified atom stereocenters. The third-order valence-electron chi connectivity index (χ3n) is 3.12. The minimum Gasteiger partial charge on any atom is -0.322 e. The molecular formula is C13H10F3N5O2. The van der Waals surface area contributed by atoms with Crippen molar-refractivity contribution in [3.8, 4) is 0 Å². The summed E-state index contributed by atoms with van der Waals surface area (Å²) < 4.78 is 39.5. The third-order valence-corrected chi connectivity index (χ3v) is 3.12. The van der Waals surface area contributed by atoms with Gasteiger partial charge in [0.15, 0.2) is 5.69 Å². The molecule has 0 saturated heterocycles. The topological polar surface area (TPSA) is 95.6 Å². The Balaban J connectivity index is 1.93. The van der Waals surface area contributed by atoms with Crippen LogP contribution in [0.15, 0.2) is 29.2 Å². The van der Waals surface area contributed by atoms with Gasteiger partial charge in [-0.2, -0.15) is 18.3 Å². The number of imidazole rings is 1. The van der Waals surface area contributed by atoms with E-state index in [9.17, 15) is 22.8 Å². The summed E-state index contributed by atoms with van der Waals surface area (Å²) in [6.45, 7) is 0. The molecule has 0 radical (unpaired) electrons. The lowest BCUT2D eigenvalue weighted by Gasteiger charge is -2.07. The van der Waals surface area contributed by atoms with Crippen LogP contribution in [0.1, 0.15) is 16.1 Å². The van der Waals surface area contributed by atoms with E-state index in [1.165, 1.54) is 25.2 Å². The molecule has 3 N–H and O–H groups in total. The van der Waals surface area contributed by atoms with Crippen LogP contribution in [0.3, 0.4) is 0 Å². The number of aromatic amines is 2. The Kier molecular flexibility index (Phi) is 3.24. The minimum atomic E-state index is -4.73. The summed E-state index contributed by atoms with van der Waals surface area (Å²) in [5.41, 5.74) is -1.07. The van der Waals surface area contributed by atoms with E-state index in [0.717, 1.165) is 10.9 Å². The lowest BCUT2D eigenvalue weighted by atomic mass is 10.2. The maximum atomic E-state index is 12.9. The van der Waals surface area contributed by atoms with Crippen molar-refractivity contribution < 1.29 is 18.0 Å². The van der Waals surface area contributed by atoms with Crippen LogP contribution in [0.5, 0.6) is 0 Å². The summed E-state index contributed by atoms with van der Waals surface area (Å²) in [6, 6.07) is 4.43. The summed E-state index contributed by atoms with van der Waals surface area (Å²) in [5.74, 6) is -0.942. The van der Waals surface area contributed by atoms with E-state index < -0.39 is 29.0 Å². The van der Waals surface area contributed by atoms with E-state index in [0.29, 0.717) is 11.0 Å². The molecule has 3 rings (SSSR count). The van der Waals surface area contributed by atoms with Crippen LogP contribution < -0.4 is 11.0 Å². The number of fused-ring (bicyclic) bond motifs is 1. The number of anilines is 1. The first-order chi connectivity index (χ1) is 10.7. The summed E-state index contributed by atoms with van der Waals surface area (Å²) in [5, 5.41) is 5.63. The second kappa shape index (κ2) is 5.00. The van der Waals surface area contributed by atoms with Gasteiger partial charge >= 0.3 is 11.9 Å². The fourth-order valence-corrected chi connectivity index (χ4v) is 2.17. The number of H-pyrrole nitrogens is 2. The normalized spacial score (nSPS) is 11.8. The van der Waals surface area contributed by atoms with Crippen LogP contribution in [-0.2, 0) is 13.2 Å². The molecule has 0 fully saturated rings. The van der Waals surface area contributed by atoms with Gasteiger partial charge in [0, 0.05) is 18.9 Å². The first-order valence-corrected chi connectivity index (χ1v) is 6.38. The SMILES string of the molecule is Cn1cc(C(=O)Nc2ccc3[nH]c(=O)[nH]c3c2)c(C(F)(F)F)n1. The Morgan fingerprint density at radius 3 is 2.65 bits per heavy atom. The Morgan fingerprint density at radius 2 is 1.96 bits per heavy atom.